The zero-order valence-corrected chi connectivity index (χ0v) is 13.6. The van der Waals surface area contributed by atoms with Gasteiger partial charge in [0.2, 0.25) is 11.8 Å². The summed E-state index contributed by atoms with van der Waals surface area (Å²) in [6.07, 6.45) is 0.509. The number of carbonyl (C=O) groups is 2. The van der Waals surface area contributed by atoms with E-state index in [4.69, 9.17) is 4.74 Å². The molecule has 2 aromatic rings. The minimum Gasteiger partial charge on any atom is -0.497 e. The lowest BCUT2D eigenvalue weighted by atomic mass is 10.0. The summed E-state index contributed by atoms with van der Waals surface area (Å²) >= 11 is 0. The van der Waals surface area contributed by atoms with Gasteiger partial charge in [-0.3, -0.25) is 9.59 Å². The molecule has 1 heterocycles. The van der Waals surface area contributed by atoms with Gasteiger partial charge < -0.3 is 15.0 Å². The van der Waals surface area contributed by atoms with E-state index < -0.39 is 6.04 Å². The topological polar surface area (TPSA) is 58.6 Å². The fourth-order valence-electron chi connectivity index (χ4n) is 2.86. The lowest BCUT2D eigenvalue weighted by molar-refractivity contribution is -0.146. The number of hydrogen-bond donors (Lipinski definition) is 1. The van der Waals surface area contributed by atoms with E-state index in [9.17, 15) is 9.59 Å². The van der Waals surface area contributed by atoms with Crippen molar-refractivity contribution >= 4 is 11.8 Å². The van der Waals surface area contributed by atoms with Crippen LogP contribution in [0.25, 0.3) is 0 Å². The molecule has 3 rings (SSSR count). The van der Waals surface area contributed by atoms with Crippen LogP contribution in [0.1, 0.15) is 11.1 Å². The van der Waals surface area contributed by atoms with E-state index in [0.29, 0.717) is 13.0 Å². The van der Waals surface area contributed by atoms with E-state index >= 15 is 0 Å². The predicted octanol–water partition coefficient (Wildman–Crippen LogP) is 1.76. The molecule has 24 heavy (non-hydrogen) atoms. The number of nitrogens with zero attached hydrogens (tertiary/aromatic N) is 1. The molecule has 0 spiro atoms. The number of rotatable bonds is 5. The molecule has 1 atom stereocenters. The van der Waals surface area contributed by atoms with Crippen molar-refractivity contribution in [3.63, 3.8) is 0 Å². The molecular weight excluding hydrogens is 304 g/mol. The molecule has 2 aromatic carbocycles. The smallest absolute Gasteiger partial charge is 0.243 e. The molecule has 0 bridgehead atoms. The van der Waals surface area contributed by atoms with Gasteiger partial charge in [0, 0.05) is 13.0 Å². The summed E-state index contributed by atoms with van der Waals surface area (Å²) in [5, 5.41) is 2.69. The van der Waals surface area contributed by atoms with E-state index in [0.717, 1.165) is 16.9 Å². The molecule has 1 saturated heterocycles. The van der Waals surface area contributed by atoms with Crippen molar-refractivity contribution in [3.05, 3.63) is 65.7 Å². The van der Waals surface area contributed by atoms with Gasteiger partial charge in [-0.15, -0.1) is 0 Å². The first-order valence-electron chi connectivity index (χ1n) is 7.91. The molecular formula is C19H20N2O3. The molecule has 0 aliphatic carbocycles. The Labute approximate surface area is 141 Å². The third-order valence-electron chi connectivity index (χ3n) is 4.20. The fourth-order valence-corrected chi connectivity index (χ4v) is 2.86. The Morgan fingerprint density at radius 3 is 2.42 bits per heavy atom. The van der Waals surface area contributed by atoms with Gasteiger partial charge in [-0.05, 0) is 23.3 Å². The minimum atomic E-state index is -0.490. The summed E-state index contributed by atoms with van der Waals surface area (Å²) in [6, 6.07) is 16.8. The van der Waals surface area contributed by atoms with Crippen LogP contribution in [0.3, 0.4) is 0 Å². The molecule has 0 saturated carbocycles. The zero-order chi connectivity index (χ0) is 16.9. The summed E-state index contributed by atoms with van der Waals surface area (Å²) < 4.78 is 5.15. The number of methoxy groups -OCH3 is 1. The van der Waals surface area contributed by atoms with Crippen LogP contribution >= 0.6 is 0 Å². The Kier molecular flexibility index (Phi) is 4.79. The Bertz CT molecular complexity index is 713. The maximum Gasteiger partial charge on any atom is 0.243 e. The molecule has 5 nitrogen and oxygen atoms in total. The first kappa shape index (κ1) is 16.1. The van der Waals surface area contributed by atoms with Gasteiger partial charge in [0.1, 0.15) is 11.8 Å². The molecule has 124 valence electrons. The Morgan fingerprint density at radius 1 is 1.04 bits per heavy atom. The van der Waals surface area contributed by atoms with E-state index in [1.165, 1.54) is 0 Å². The monoisotopic (exact) mass is 324 g/mol. The number of benzene rings is 2. The van der Waals surface area contributed by atoms with Gasteiger partial charge in [0.25, 0.3) is 0 Å². The average Bonchev–Trinajstić information content (AvgIpc) is 2.62. The van der Waals surface area contributed by atoms with Crippen molar-refractivity contribution in [2.45, 2.75) is 19.0 Å². The van der Waals surface area contributed by atoms with Crippen molar-refractivity contribution in [1.82, 2.24) is 10.2 Å². The number of hydrogen-bond acceptors (Lipinski definition) is 3. The third kappa shape index (κ3) is 3.56. The van der Waals surface area contributed by atoms with Gasteiger partial charge in [-0.25, -0.2) is 0 Å². The molecule has 5 heteroatoms. The molecule has 1 aliphatic heterocycles. The highest BCUT2D eigenvalue weighted by atomic mass is 16.5. The molecule has 0 aromatic heterocycles. The van der Waals surface area contributed by atoms with Crippen molar-refractivity contribution < 1.29 is 14.3 Å². The van der Waals surface area contributed by atoms with Crippen LogP contribution < -0.4 is 10.1 Å². The van der Waals surface area contributed by atoms with E-state index in [1.54, 1.807) is 12.0 Å². The predicted molar refractivity (Wildman–Crippen MR) is 90.5 cm³/mol. The van der Waals surface area contributed by atoms with Crippen molar-refractivity contribution in [3.8, 4) is 5.75 Å². The van der Waals surface area contributed by atoms with E-state index in [1.807, 2.05) is 54.6 Å². The standard InChI is InChI=1S/C19H20N2O3/c1-24-16-9-7-15(8-10-16)13-21-17(19(23)20-12-18(21)22)11-14-5-3-2-4-6-14/h2-10,17H,11-13H2,1H3,(H,20,23)/t17-/m0/s1. The lowest BCUT2D eigenvalue weighted by Gasteiger charge is -2.35. The second kappa shape index (κ2) is 7.17. The van der Waals surface area contributed by atoms with Crippen LogP contribution in [0.5, 0.6) is 5.75 Å². The molecule has 2 amide bonds. The summed E-state index contributed by atoms with van der Waals surface area (Å²) in [4.78, 5) is 26.3. The molecule has 1 aliphatic rings. The number of carbonyl (C=O) groups excluding carboxylic acids is 2. The number of nitrogens with one attached hydrogen (secondary N) is 1. The van der Waals surface area contributed by atoms with Crippen LogP contribution in [0, 0.1) is 0 Å². The van der Waals surface area contributed by atoms with Crippen molar-refractivity contribution in [1.29, 1.82) is 0 Å². The summed E-state index contributed by atoms with van der Waals surface area (Å²) in [5.74, 6) is 0.598. The second-order valence-corrected chi connectivity index (χ2v) is 5.79. The quantitative estimate of drug-likeness (QED) is 0.912. The van der Waals surface area contributed by atoms with Crippen LogP contribution in [-0.4, -0.2) is 36.4 Å². The lowest BCUT2D eigenvalue weighted by Crippen LogP contribution is -2.58. The van der Waals surface area contributed by atoms with Crippen LogP contribution in [0.15, 0.2) is 54.6 Å². The van der Waals surface area contributed by atoms with Crippen LogP contribution in [0.2, 0.25) is 0 Å². The molecule has 0 radical (unpaired) electrons. The van der Waals surface area contributed by atoms with Crippen LogP contribution in [0.4, 0.5) is 0 Å². The first-order valence-corrected chi connectivity index (χ1v) is 7.91. The van der Waals surface area contributed by atoms with E-state index in [2.05, 4.69) is 5.32 Å². The largest absolute Gasteiger partial charge is 0.497 e. The Morgan fingerprint density at radius 2 is 1.75 bits per heavy atom. The van der Waals surface area contributed by atoms with Gasteiger partial charge in [-0.1, -0.05) is 42.5 Å². The Hall–Kier alpha value is -2.82. The average molecular weight is 324 g/mol. The number of ether oxygens (including phenoxy) is 1. The van der Waals surface area contributed by atoms with Crippen molar-refractivity contribution in [2.75, 3.05) is 13.7 Å². The zero-order valence-electron chi connectivity index (χ0n) is 13.6. The maximum absolute atomic E-state index is 12.4. The molecule has 1 fully saturated rings. The highest BCUT2D eigenvalue weighted by Gasteiger charge is 2.34. The third-order valence-corrected chi connectivity index (χ3v) is 4.20. The molecule has 1 N–H and O–H groups in total. The van der Waals surface area contributed by atoms with Gasteiger partial charge >= 0.3 is 0 Å². The normalized spacial score (nSPS) is 17.5. The number of piperazine rings is 1. The highest BCUT2D eigenvalue weighted by Crippen LogP contribution is 2.18. The van der Waals surface area contributed by atoms with Gasteiger partial charge in [0.15, 0.2) is 0 Å². The summed E-state index contributed by atoms with van der Waals surface area (Å²) in [7, 11) is 1.61. The molecule has 0 unspecified atom stereocenters. The highest BCUT2D eigenvalue weighted by molar-refractivity contribution is 5.95. The van der Waals surface area contributed by atoms with E-state index in [-0.39, 0.29) is 18.4 Å². The summed E-state index contributed by atoms with van der Waals surface area (Å²) in [6.45, 7) is 0.466. The summed E-state index contributed by atoms with van der Waals surface area (Å²) in [5.41, 5.74) is 2.00. The van der Waals surface area contributed by atoms with Crippen molar-refractivity contribution in [2.24, 2.45) is 0 Å². The maximum atomic E-state index is 12.4. The Balaban J connectivity index is 1.80. The SMILES string of the molecule is COc1ccc(CN2C(=O)CNC(=O)[C@@H]2Cc2ccccc2)cc1. The second-order valence-electron chi connectivity index (χ2n) is 5.79. The van der Waals surface area contributed by atoms with Gasteiger partial charge in [0.05, 0.1) is 13.7 Å². The van der Waals surface area contributed by atoms with Crippen LogP contribution in [-0.2, 0) is 22.6 Å². The fraction of sp³-hybridized carbons (Fsp3) is 0.263. The minimum absolute atomic E-state index is 0.0558. The first-order chi connectivity index (χ1) is 11.7. The number of amides is 2. The van der Waals surface area contributed by atoms with Gasteiger partial charge in [-0.2, -0.15) is 0 Å².